The van der Waals surface area contributed by atoms with Gasteiger partial charge in [-0.3, -0.25) is 0 Å². The fourth-order valence-electron chi connectivity index (χ4n) is 3.39. The van der Waals surface area contributed by atoms with Gasteiger partial charge in [-0.1, -0.05) is 19.1 Å². The molecule has 178 valence electrons. The molecule has 31 heavy (non-hydrogen) atoms. The van der Waals surface area contributed by atoms with Gasteiger partial charge >= 0.3 is 0 Å². The molecule has 1 aliphatic rings. The van der Waals surface area contributed by atoms with Crippen molar-refractivity contribution in [1.29, 1.82) is 0 Å². The molecule has 1 aromatic carbocycles. The van der Waals surface area contributed by atoms with Crippen LogP contribution in [0.5, 0.6) is 5.75 Å². The van der Waals surface area contributed by atoms with Crippen molar-refractivity contribution in [3.05, 3.63) is 29.3 Å². The van der Waals surface area contributed by atoms with E-state index in [9.17, 15) is 8.42 Å². The average molecular weight is 567 g/mol. The first-order chi connectivity index (χ1) is 14.2. The number of guanidine groups is 1. The van der Waals surface area contributed by atoms with Crippen LogP contribution in [-0.4, -0.2) is 57.2 Å². The smallest absolute Gasteiger partial charge is 0.211 e. The molecule has 9 heteroatoms. The number of nitrogens with zero attached hydrogens (tertiary/aromatic N) is 2. The number of ether oxygens (including phenoxy) is 1. The number of hydrogen-bond donors (Lipinski definition) is 2. The summed E-state index contributed by atoms with van der Waals surface area (Å²) in [5.41, 5.74) is 2.24. The first-order valence-corrected chi connectivity index (χ1v) is 12.8. The minimum absolute atomic E-state index is 0. The van der Waals surface area contributed by atoms with Gasteiger partial charge in [0.25, 0.3) is 0 Å². The number of aliphatic imine (C=N–C) groups is 1. The zero-order valence-corrected chi connectivity index (χ0v) is 22.6. The van der Waals surface area contributed by atoms with Crippen LogP contribution in [0.25, 0.3) is 0 Å². The van der Waals surface area contributed by atoms with Crippen LogP contribution < -0.4 is 15.4 Å². The fourth-order valence-corrected chi connectivity index (χ4v) is 4.27. The van der Waals surface area contributed by atoms with Crippen LogP contribution >= 0.6 is 24.0 Å². The molecular weight excluding hydrogens is 527 g/mol. The molecule has 7 nitrogen and oxygen atoms in total. The van der Waals surface area contributed by atoms with E-state index in [1.165, 1.54) is 11.8 Å². The molecule has 1 heterocycles. The van der Waals surface area contributed by atoms with Crippen LogP contribution in [0.15, 0.2) is 23.2 Å². The SMILES string of the molecule is CCNC(=NCc1ccc(C)cc1OC(C)CC)NCC1CCN(S(C)(=O)=O)CC1.I. The Kier molecular flexibility index (Phi) is 12.2. The highest BCUT2D eigenvalue weighted by atomic mass is 127. The van der Waals surface area contributed by atoms with Crippen molar-refractivity contribution < 1.29 is 13.2 Å². The first kappa shape index (κ1) is 28.0. The molecule has 1 unspecified atom stereocenters. The highest BCUT2D eigenvalue weighted by Crippen LogP contribution is 2.23. The molecule has 0 amide bonds. The van der Waals surface area contributed by atoms with Gasteiger partial charge in [-0.25, -0.2) is 17.7 Å². The van der Waals surface area contributed by atoms with Crippen molar-refractivity contribution in [2.24, 2.45) is 10.9 Å². The van der Waals surface area contributed by atoms with Gasteiger partial charge in [-0.05, 0) is 57.6 Å². The lowest BCUT2D eigenvalue weighted by Gasteiger charge is -2.30. The van der Waals surface area contributed by atoms with E-state index >= 15 is 0 Å². The molecule has 2 rings (SSSR count). The molecule has 1 aliphatic heterocycles. The largest absolute Gasteiger partial charge is 0.490 e. The number of hydrogen-bond acceptors (Lipinski definition) is 4. The van der Waals surface area contributed by atoms with Crippen molar-refractivity contribution in [1.82, 2.24) is 14.9 Å². The lowest BCUT2D eigenvalue weighted by Crippen LogP contribution is -2.44. The highest BCUT2D eigenvalue weighted by Gasteiger charge is 2.24. The van der Waals surface area contributed by atoms with Gasteiger partial charge in [-0.15, -0.1) is 24.0 Å². The first-order valence-electron chi connectivity index (χ1n) is 11.0. The second-order valence-electron chi connectivity index (χ2n) is 8.13. The summed E-state index contributed by atoms with van der Waals surface area (Å²) in [5.74, 6) is 2.12. The topological polar surface area (TPSA) is 83.0 Å². The van der Waals surface area contributed by atoms with Gasteiger partial charge in [-0.2, -0.15) is 0 Å². The third kappa shape index (κ3) is 9.53. The monoisotopic (exact) mass is 566 g/mol. The van der Waals surface area contributed by atoms with Crippen molar-refractivity contribution in [3.8, 4) is 5.75 Å². The Hall–Kier alpha value is -1.07. The number of piperidine rings is 1. The Balaban J connectivity index is 0.00000480. The van der Waals surface area contributed by atoms with Gasteiger partial charge in [0.1, 0.15) is 5.75 Å². The molecule has 0 saturated carbocycles. The van der Waals surface area contributed by atoms with Gasteiger partial charge in [0, 0.05) is 31.7 Å². The second kappa shape index (κ2) is 13.5. The van der Waals surface area contributed by atoms with E-state index in [2.05, 4.69) is 49.6 Å². The summed E-state index contributed by atoms with van der Waals surface area (Å²) in [7, 11) is -3.08. The summed E-state index contributed by atoms with van der Waals surface area (Å²) in [5, 5.41) is 6.73. The van der Waals surface area contributed by atoms with Crippen LogP contribution in [0.4, 0.5) is 0 Å². The zero-order chi connectivity index (χ0) is 22.1. The van der Waals surface area contributed by atoms with Crippen LogP contribution in [-0.2, 0) is 16.6 Å². The lowest BCUT2D eigenvalue weighted by molar-refractivity contribution is 0.215. The normalized spacial score (nSPS) is 17.0. The third-order valence-electron chi connectivity index (χ3n) is 5.48. The van der Waals surface area contributed by atoms with E-state index in [4.69, 9.17) is 9.73 Å². The Morgan fingerprint density at radius 2 is 1.94 bits per heavy atom. The van der Waals surface area contributed by atoms with Crippen molar-refractivity contribution in [2.45, 2.75) is 59.6 Å². The molecular formula is C22H39IN4O3S. The van der Waals surface area contributed by atoms with Gasteiger partial charge in [0.15, 0.2) is 5.96 Å². The zero-order valence-electron chi connectivity index (χ0n) is 19.5. The summed E-state index contributed by atoms with van der Waals surface area (Å²) in [4.78, 5) is 4.75. The third-order valence-corrected chi connectivity index (χ3v) is 6.78. The van der Waals surface area contributed by atoms with Gasteiger partial charge in [0.2, 0.25) is 10.0 Å². The van der Waals surface area contributed by atoms with Crippen molar-refractivity contribution >= 4 is 40.0 Å². The minimum Gasteiger partial charge on any atom is -0.490 e. The molecule has 1 atom stereocenters. The van der Waals surface area contributed by atoms with Gasteiger partial charge < -0.3 is 15.4 Å². The maximum absolute atomic E-state index is 11.7. The molecule has 1 saturated heterocycles. The maximum Gasteiger partial charge on any atom is 0.211 e. The van der Waals surface area contributed by atoms with Crippen molar-refractivity contribution in [3.63, 3.8) is 0 Å². The van der Waals surface area contributed by atoms with Crippen molar-refractivity contribution in [2.75, 3.05) is 32.4 Å². The summed E-state index contributed by atoms with van der Waals surface area (Å²) in [6.45, 7) is 11.6. The number of nitrogens with one attached hydrogen (secondary N) is 2. The van der Waals surface area contributed by atoms with E-state index < -0.39 is 10.0 Å². The maximum atomic E-state index is 11.7. The Morgan fingerprint density at radius 3 is 2.52 bits per heavy atom. The second-order valence-corrected chi connectivity index (χ2v) is 10.1. The molecule has 0 radical (unpaired) electrons. The predicted octanol–water partition coefficient (Wildman–Crippen LogP) is 3.52. The van der Waals surface area contributed by atoms with E-state index in [1.807, 2.05) is 6.92 Å². The van der Waals surface area contributed by atoms with Crippen LogP contribution in [0.2, 0.25) is 0 Å². The molecule has 0 aromatic heterocycles. The van der Waals surface area contributed by atoms with Crippen LogP contribution in [0, 0.1) is 12.8 Å². The van der Waals surface area contributed by atoms with Crippen LogP contribution in [0.3, 0.4) is 0 Å². The van der Waals surface area contributed by atoms with Gasteiger partial charge in [0.05, 0.1) is 18.9 Å². The standard InChI is InChI=1S/C22H38N4O3S.HI/c1-6-18(4)29-21-14-17(3)8-9-20(21)16-25-22(23-7-2)24-15-19-10-12-26(13-11-19)30(5,27)28;/h8-9,14,18-19H,6-7,10-13,15-16H2,1-5H3,(H2,23,24,25);1H. The number of benzene rings is 1. The molecule has 0 aliphatic carbocycles. The fraction of sp³-hybridized carbons (Fsp3) is 0.682. The number of sulfonamides is 1. The van der Waals surface area contributed by atoms with E-state index in [1.54, 1.807) is 4.31 Å². The molecule has 2 N–H and O–H groups in total. The summed E-state index contributed by atoms with van der Waals surface area (Å²) < 4.78 is 31.0. The summed E-state index contributed by atoms with van der Waals surface area (Å²) >= 11 is 0. The number of aryl methyl sites for hydroxylation is 1. The Morgan fingerprint density at radius 1 is 1.26 bits per heavy atom. The molecule has 1 aromatic rings. The molecule has 1 fully saturated rings. The average Bonchev–Trinajstić information content (AvgIpc) is 2.70. The van der Waals surface area contributed by atoms with Crippen LogP contribution in [0.1, 0.15) is 51.2 Å². The quantitative estimate of drug-likeness (QED) is 0.272. The Labute approximate surface area is 205 Å². The molecule has 0 spiro atoms. The predicted molar refractivity (Wildman–Crippen MR) is 139 cm³/mol. The Bertz CT molecular complexity index is 809. The van der Waals surface area contributed by atoms with E-state index in [-0.39, 0.29) is 30.1 Å². The number of rotatable bonds is 9. The lowest BCUT2D eigenvalue weighted by atomic mass is 9.98. The summed E-state index contributed by atoms with van der Waals surface area (Å²) in [6, 6.07) is 6.25. The highest BCUT2D eigenvalue weighted by molar-refractivity contribution is 14.0. The van der Waals surface area contributed by atoms with E-state index in [0.29, 0.717) is 25.6 Å². The summed E-state index contributed by atoms with van der Waals surface area (Å²) in [6.07, 6.45) is 4.14. The molecule has 0 bridgehead atoms. The minimum atomic E-state index is -3.08. The van der Waals surface area contributed by atoms with E-state index in [0.717, 1.165) is 49.6 Å². The number of halogens is 1.